The maximum atomic E-state index is 11.3. The largest absolute Gasteiger partial charge is 0.326 e. The van der Waals surface area contributed by atoms with Gasteiger partial charge < -0.3 is 5.32 Å². The first-order valence-corrected chi connectivity index (χ1v) is 6.19. The van der Waals surface area contributed by atoms with Gasteiger partial charge in [-0.25, -0.2) is 0 Å². The fourth-order valence-corrected chi connectivity index (χ4v) is 2.46. The average Bonchev–Trinajstić information content (AvgIpc) is 2.69. The molecule has 0 radical (unpaired) electrons. The Kier molecular flexibility index (Phi) is 2.46. The highest BCUT2D eigenvalue weighted by molar-refractivity contribution is 6.04. The van der Waals surface area contributed by atoms with E-state index in [2.05, 4.69) is 29.4 Å². The lowest BCUT2D eigenvalue weighted by atomic mass is 9.95. The van der Waals surface area contributed by atoms with Crippen LogP contribution in [0.3, 0.4) is 0 Å². The first kappa shape index (κ1) is 10.5. The van der Waals surface area contributed by atoms with E-state index in [9.17, 15) is 4.79 Å². The van der Waals surface area contributed by atoms with Crippen molar-refractivity contribution in [2.45, 2.75) is 26.2 Å². The predicted octanol–water partition coefficient (Wildman–Crippen LogP) is 2.40. The number of aliphatic imine (C=N–C) groups is 1. The summed E-state index contributed by atoms with van der Waals surface area (Å²) in [6.45, 7) is 3.18. The normalized spacial score (nSPS) is 23.0. The summed E-state index contributed by atoms with van der Waals surface area (Å²) < 4.78 is 0. The molecule has 0 spiro atoms. The van der Waals surface area contributed by atoms with Gasteiger partial charge in [0.15, 0.2) is 0 Å². The minimum absolute atomic E-state index is 0.0938. The number of anilines is 1. The van der Waals surface area contributed by atoms with Crippen molar-refractivity contribution in [3.8, 4) is 0 Å². The van der Waals surface area contributed by atoms with Gasteiger partial charge in [0.2, 0.25) is 5.91 Å². The van der Waals surface area contributed by atoms with Gasteiger partial charge in [-0.3, -0.25) is 9.79 Å². The van der Waals surface area contributed by atoms with Crippen molar-refractivity contribution in [1.82, 2.24) is 0 Å². The van der Waals surface area contributed by atoms with Crippen LogP contribution in [0.5, 0.6) is 0 Å². The molecular formula is C14H16N2O. The third-order valence-electron chi connectivity index (χ3n) is 3.53. The number of rotatable bonds is 1. The molecule has 17 heavy (non-hydrogen) atoms. The summed E-state index contributed by atoms with van der Waals surface area (Å²) in [5.41, 5.74) is 4.45. The molecule has 1 amide bonds. The molecule has 0 saturated heterocycles. The Morgan fingerprint density at radius 1 is 1.41 bits per heavy atom. The van der Waals surface area contributed by atoms with Crippen LogP contribution in [0.25, 0.3) is 0 Å². The van der Waals surface area contributed by atoms with Crippen molar-refractivity contribution in [1.29, 1.82) is 0 Å². The van der Waals surface area contributed by atoms with Crippen LogP contribution in [-0.4, -0.2) is 18.2 Å². The molecule has 3 rings (SSSR count). The second-order valence-electron chi connectivity index (χ2n) is 5.03. The van der Waals surface area contributed by atoms with E-state index in [0.29, 0.717) is 12.3 Å². The Bertz CT molecular complexity index is 505. The number of fused-ring (bicyclic) bond motifs is 1. The van der Waals surface area contributed by atoms with E-state index in [-0.39, 0.29) is 5.91 Å². The fourth-order valence-electron chi connectivity index (χ4n) is 2.46. The number of nitrogens with one attached hydrogen (secondary N) is 1. The molecule has 88 valence electrons. The minimum Gasteiger partial charge on any atom is -0.326 e. The number of carbonyl (C=O) groups excluding carboxylic acids is 1. The maximum Gasteiger partial charge on any atom is 0.228 e. The van der Waals surface area contributed by atoms with Crippen molar-refractivity contribution in [3.63, 3.8) is 0 Å². The molecule has 1 unspecified atom stereocenters. The van der Waals surface area contributed by atoms with Crippen LogP contribution < -0.4 is 5.32 Å². The van der Waals surface area contributed by atoms with Gasteiger partial charge in [-0.2, -0.15) is 0 Å². The summed E-state index contributed by atoms with van der Waals surface area (Å²) in [5, 5.41) is 2.86. The second kappa shape index (κ2) is 3.99. The Hall–Kier alpha value is -1.64. The summed E-state index contributed by atoms with van der Waals surface area (Å²) >= 11 is 0. The number of hydrogen-bond acceptors (Lipinski definition) is 2. The first-order chi connectivity index (χ1) is 8.22. The van der Waals surface area contributed by atoms with Gasteiger partial charge in [0.25, 0.3) is 0 Å². The van der Waals surface area contributed by atoms with E-state index in [1.54, 1.807) is 0 Å². The SMILES string of the molecule is CC1CCC(c2ccc3c(c2)CC(=O)N3)=NC1. The Labute approximate surface area is 101 Å². The van der Waals surface area contributed by atoms with Crippen LogP contribution in [0.4, 0.5) is 5.69 Å². The zero-order valence-electron chi connectivity index (χ0n) is 9.99. The number of hydrogen-bond donors (Lipinski definition) is 1. The third-order valence-corrected chi connectivity index (χ3v) is 3.53. The minimum atomic E-state index is 0.0938. The van der Waals surface area contributed by atoms with Gasteiger partial charge in [-0.05, 0) is 42.0 Å². The van der Waals surface area contributed by atoms with Crippen molar-refractivity contribution >= 4 is 17.3 Å². The summed E-state index contributed by atoms with van der Waals surface area (Å²) in [4.78, 5) is 15.9. The molecule has 0 aromatic heterocycles. The molecule has 2 aliphatic rings. The fraction of sp³-hybridized carbons (Fsp3) is 0.429. The summed E-state index contributed by atoms with van der Waals surface area (Å²) in [5.74, 6) is 0.799. The highest BCUT2D eigenvalue weighted by Crippen LogP contribution is 2.26. The van der Waals surface area contributed by atoms with Crippen LogP contribution in [0.15, 0.2) is 23.2 Å². The van der Waals surface area contributed by atoms with E-state index >= 15 is 0 Å². The Morgan fingerprint density at radius 3 is 3.06 bits per heavy atom. The van der Waals surface area contributed by atoms with Gasteiger partial charge >= 0.3 is 0 Å². The lowest BCUT2D eigenvalue weighted by Gasteiger charge is -2.17. The van der Waals surface area contributed by atoms with Crippen molar-refractivity contribution in [3.05, 3.63) is 29.3 Å². The number of amides is 1. The molecule has 1 aromatic rings. The molecule has 3 heteroatoms. The van der Waals surface area contributed by atoms with Crippen molar-refractivity contribution < 1.29 is 4.79 Å². The summed E-state index contributed by atoms with van der Waals surface area (Å²) in [6, 6.07) is 6.18. The maximum absolute atomic E-state index is 11.3. The third kappa shape index (κ3) is 1.97. The van der Waals surface area contributed by atoms with Gasteiger partial charge in [0, 0.05) is 17.9 Å². The average molecular weight is 228 g/mol. The van der Waals surface area contributed by atoms with E-state index in [1.807, 2.05) is 6.07 Å². The zero-order chi connectivity index (χ0) is 11.8. The van der Waals surface area contributed by atoms with E-state index < -0.39 is 0 Å². The van der Waals surface area contributed by atoms with Crippen LogP contribution in [0, 0.1) is 5.92 Å². The van der Waals surface area contributed by atoms with Gasteiger partial charge in [-0.15, -0.1) is 0 Å². The molecule has 1 N–H and O–H groups in total. The van der Waals surface area contributed by atoms with E-state index in [4.69, 9.17) is 0 Å². The van der Waals surface area contributed by atoms with Crippen molar-refractivity contribution in [2.24, 2.45) is 10.9 Å². The monoisotopic (exact) mass is 228 g/mol. The molecule has 0 fully saturated rings. The quantitative estimate of drug-likeness (QED) is 0.788. The molecule has 2 aliphatic heterocycles. The second-order valence-corrected chi connectivity index (χ2v) is 5.03. The standard InChI is InChI=1S/C14H16N2O/c1-9-2-4-12(15-8-9)10-3-5-13-11(6-10)7-14(17)16-13/h3,5-6,9H,2,4,7-8H2,1H3,(H,16,17). The Morgan fingerprint density at radius 2 is 2.29 bits per heavy atom. The topological polar surface area (TPSA) is 41.5 Å². The Balaban J connectivity index is 1.90. The lowest BCUT2D eigenvalue weighted by Crippen LogP contribution is -2.14. The highest BCUT2D eigenvalue weighted by Gasteiger charge is 2.19. The van der Waals surface area contributed by atoms with Gasteiger partial charge in [-0.1, -0.05) is 13.0 Å². The zero-order valence-corrected chi connectivity index (χ0v) is 9.99. The molecule has 0 saturated carbocycles. The van der Waals surface area contributed by atoms with Crippen LogP contribution in [-0.2, 0) is 11.2 Å². The smallest absolute Gasteiger partial charge is 0.228 e. The molecule has 0 bridgehead atoms. The highest BCUT2D eigenvalue weighted by atomic mass is 16.1. The molecule has 0 aliphatic carbocycles. The van der Waals surface area contributed by atoms with Crippen LogP contribution in [0.1, 0.15) is 30.9 Å². The van der Waals surface area contributed by atoms with Crippen LogP contribution >= 0.6 is 0 Å². The first-order valence-electron chi connectivity index (χ1n) is 6.19. The molecule has 2 heterocycles. The van der Waals surface area contributed by atoms with Crippen molar-refractivity contribution in [2.75, 3.05) is 11.9 Å². The van der Waals surface area contributed by atoms with E-state index in [0.717, 1.165) is 24.2 Å². The number of carbonyl (C=O) groups is 1. The van der Waals surface area contributed by atoms with Crippen LogP contribution in [0.2, 0.25) is 0 Å². The molecular weight excluding hydrogens is 212 g/mol. The summed E-state index contributed by atoms with van der Waals surface area (Å²) in [7, 11) is 0. The lowest BCUT2D eigenvalue weighted by molar-refractivity contribution is -0.115. The molecule has 1 atom stereocenters. The summed E-state index contributed by atoms with van der Waals surface area (Å²) in [6.07, 6.45) is 2.78. The predicted molar refractivity (Wildman–Crippen MR) is 68.6 cm³/mol. The van der Waals surface area contributed by atoms with Gasteiger partial charge in [0.1, 0.15) is 0 Å². The molecule has 1 aromatic carbocycles. The molecule has 3 nitrogen and oxygen atoms in total. The number of benzene rings is 1. The van der Waals surface area contributed by atoms with E-state index in [1.165, 1.54) is 17.7 Å². The van der Waals surface area contributed by atoms with Gasteiger partial charge in [0.05, 0.1) is 6.42 Å². The number of nitrogens with zero attached hydrogens (tertiary/aromatic N) is 1.